The van der Waals surface area contributed by atoms with Gasteiger partial charge in [-0.2, -0.15) is 0 Å². The van der Waals surface area contributed by atoms with Crippen molar-refractivity contribution in [1.29, 1.82) is 0 Å². The normalized spacial score (nSPS) is 10.4. The smallest absolute Gasteiger partial charge is 0.224 e. The van der Waals surface area contributed by atoms with Gasteiger partial charge in [-0.1, -0.05) is 0 Å². The van der Waals surface area contributed by atoms with Crippen molar-refractivity contribution in [3.8, 4) is 11.5 Å². The van der Waals surface area contributed by atoms with E-state index in [2.05, 4.69) is 5.32 Å². The van der Waals surface area contributed by atoms with Gasteiger partial charge in [-0.15, -0.1) is 0 Å². The van der Waals surface area contributed by atoms with E-state index >= 15 is 0 Å². The van der Waals surface area contributed by atoms with E-state index in [0.717, 1.165) is 0 Å². The number of amides is 1. The number of benzene rings is 1. The molecule has 0 aliphatic rings. The Morgan fingerprint density at radius 1 is 1.42 bits per heavy atom. The van der Waals surface area contributed by atoms with Gasteiger partial charge >= 0.3 is 0 Å². The Morgan fingerprint density at radius 3 is 2.74 bits per heavy atom. The van der Waals surface area contributed by atoms with Gasteiger partial charge in [0, 0.05) is 12.5 Å². The van der Waals surface area contributed by atoms with Crippen molar-refractivity contribution in [1.82, 2.24) is 0 Å². The van der Waals surface area contributed by atoms with Gasteiger partial charge in [0.05, 0.1) is 18.9 Å². The summed E-state index contributed by atoms with van der Waals surface area (Å²) in [6.45, 7) is 4.37. The monoisotopic (exact) mass is 266 g/mol. The minimum atomic E-state index is -0.0766. The van der Waals surface area contributed by atoms with Gasteiger partial charge in [0.15, 0.2) is 0 Å². The maximum atomic E-state index is 11.7. The van der Waals surface area contributed by atoms with Gasteiger partial charge in [-0.05, 0) is 38.9 Å². The van der Waals surface area contributed by atoms with Gasteiger partial charge in [-0.3, -0.25) is 4.79 Å². The minimum absolute atomic E-state index is 0.0353. The second kappa shape index (κ2) is 7.63. The fourth-order valence-electron chi connectivity index (χ4n) is 1.57. The second-order valence-corrected chi connectivity index (χ2v) is 4.47. The highest BCUT2D eigenvalue weighted by Crippen LogP contribution is 2.30. The molecular weight excluding hydrogens is 244 g/mol. The van der Waals surface area contributed by atoms with E-state index in [1.807, 2.05) is 13.8 Å². The third kappa shape index (κ3) is 5.18. The van der Waals surface area contributed by atoms with Gasteiger partial charge in [-0.25, -0.2) is 0 Å². The zero-order chi connectivity index (χ0) is 14.3. The second-order valence-electron chi connectivity index (χ2n) is 4.47. The van der Waals surface area contributed by atoms with Gasteiger partial charge in [0.1, 0.15) is 11.5 Å². The molecule has 0 unspecified atom stereocenters. The summed E-state index contributed by atoms with van der Waals surface area (Å²) < 4.78 is 10.8. The summed E-state index contributed by atoms with van der Waals surface area (Å²) >= 11 is 0. The average molecular weight is 266 g/mol. The lowest BCUT2D eigenvalue weighted by molar-refractivity contribution is -0.116. The summed E-state index contributed by atoms with van der Waals surface area (Å²) in [6.07, 6.45) is 1.10. The zero-order valence-corrected chi connectivity index (χ0v) is 11.7. The molecule has 1 aromatic rings. The molecule has 5 nitrogen and oxygen atoms in total. The van der Waals surface area contributed by atoms with Gasteiger partial charge < -0.3 is 20.5 Å². The van der Waals surface area contributed by atoms with E-state index in [9.17, 15) is 4.79 Å². The van der Waals surface area contributed by atoms with Crippen LogP contribution in [-0.2, 0) is 4.79 Å². The molecule has 0 spiro atoms. The van der Waals surface area contributed by atoms with E-state index in [1.54, 1.807) is 25.3 Å². The van der Waals surface area contributed by atoms with Gasteiger partial charge in [0.2, 0.25) is 5.91 Å². The fourth-order valence-corrected chi connectivity index (χ4v) is 1.57. The lowest BCUT2D eigenvalue weighted by Gasteiger charge is -2.16. The lowest BCUT2D eigenvalue weighted by atomic mass is 10.2. The third-order valence-electron chi connectivity index (χ3n) is 2.43. The van der Waals surface area contributed by atoms with Crippen LogP contribution in [0.5, 0.6) is 11.5 Å². The summed E-state index contributed by atoms with van der Waals surface area (Å²) in [7, 11) is 1.58. The average Bonchev–Trinajstić information content (AvgIpc) is 2.37. The molecule has 1 amide bonds. The van der Waals surface area contributed by atoms with E-state index in [0.29, 0.717) is 36.6 Å². The first-order valence-corrected chi connectivity index (χ1v) is 6.41. The molecule has 0 radical (unpaired) electrons. The Bertz CT molecular complexity index is 419. The Hall–Kier alpha value is -1.75. The van der Waals surface area contributed by atoms with Crippen LogP contribution < -0.4 is 20.5 Å². The Labute approximate surface area is 114 Å². The number of rotatable bonds is 7. The first-order valence-electron chi connectivity index (χ1n) is 6.41. The Balaban J connectivity index is 2.84. The van der Waals surface area contributed by atoms with Crippen LogP contribution in [0.4, 0.5) is 5.69 Å². The number of ether oxygens (including phenoxy) is 2. The van der Waals surface area contributed by atoms with E-state index in [1.165, 1.54) is 0 Å². The number of nitrogens with one attached hydrogen (secondary N) is 1. The molecule has 1 aromatic carbocycles. The first kappa shape index (κ1) is 15.3. The molecule has 0 saturated heterocycles. The molecule has 0 heterocycles. The molecule has 106 valence electrons. The SMILES string of the molecule is COc1ccc(OC(C)C)c(NC(=O)CCCN)c1. The standard InChI is InChI=1S/C14H22N2O3/c1-10(2)19-13-7-6-11(18-3)9-12(13)16-14(17)5-4-8-15/h6-7,9-10H,4-5,8,15H2,1-3H3,(H,16,17). The molecule has 0 fully saturated rings. The van der Waals surface area contributed by atoms with Crippen LogP contribution in [0.1, 0.15) is 26.7 Å². The maximum absolute atomic E-state index is 11.7. The Kier molecular flexibility index (Phi) is 6.15. The summed E-state index contributed by atoms with van der Waals surface area (Å²) in [5, 5.41) is 2.83. The van der Waals surface area contributed by atoms with E-state index in [-0.39, 0.29) is 12.0 Å². The van der Waals surface area contributed by atoms with Crippen molar-refractivity contribution < 1.29 is 14.3 Å². The minimum Gasteiger partial charge on any atom is -0.497 e. The molecule has 0 aliphatic heterocycles. The lowest BCUT2D eigenvalue weighted by Crippen LogP contribution is -2.15. The van der Waals surface area contributed by atoms with E-state index < -0.39 is 0 Å². The van der Waals surface area contributed by atoms with Crippen LogP contribution in [-0.4, -0.2) is 25.7 Å². The van der Waals surface area contributed by atoms with Crippen LogP contribution in [0.25, 0.3) is 0 Å². The molecule has 3 N–H and O–H groups in total. The van der Waals surface area contributed by atoms with E-state index in [4.69, 9.17) is 15.2 Å². The van der Waals surface area contributed by atoms with Crippen molar-refractivity contribution >= 4 is 11.6 Å². The zero-order valence-electron chi connectivity index (χ0n) is 11.7. The first-order chi connectivity index (χ1) is 9.06. The molecule has 0 aliphatic carbocycles. The largest absolute Gasteiger partial charge is 0.497 e. The molecule has 0 aromatic heterocycles. The van der Waals surface area contributed by atoms with Gasteiger partial charge in [0.25, 0.3) is 0 Å². The highest BCUT2D eigenvalue weighted by molar-refractivity contribution is 5.92. The highest BCUT2D eigenvalue weighted by Gasteiger charge is 2.10. The molecule has 19 heavy (non-hydrogen) atoms. The molecule has 5 heteroatoms. The molecule has 0 atom stereocenters. The predicted molar refractivity (Wildman–Crippen MR) is 75.7 cm³/mol. The quantitative estimate of drug-likeness (QED) is 0.793. The predicted octanol–water partition coefficient (Wildman–Crippen LogP) is 2.16. The summed E-state index contributed by atoms with van der Waals surface area (Å²) in [5.74, 6) is 1.23. The molecule has 0 bridgehead atoms. The maximum Gasteiger partial charge on any atom is 0.224 e. The fraction of sp³-hybridized carbons (Fsp3) is 0.500. The van der Waals surface area contributed by atoms with Crippen molar-refractivity contribution in [3.63, 3.8) is 0 Å². The van der Waals surface area contributed by atoms with Crippen molar-refractivity contribution in [3.05, 3.63) is 18.2 Å². The number of carbonyl (C=O) groups excluding carboxylic acids is 1. The van der Waals surface area contributed by atoms with Crippen LogP contribution >= 0.6 is 0 Å². The highest BCUT2D eigenvalue weighted by atomic mass is 16.5. The summed E-state index contributed by atoms with van der Waals surface area (Å²) in [5.41, 5.74) is 6.01. The van der Waals surface area contributed by atoms with Crippen molar-refractivity contribution in [2.45, 2.75) is 32.8 Å². The number of nitrogens with two attached hydrogens (primary N) is 1. The Morgan fingerprint density at radius 2 is 2.16 bits per heavy atom. The molecule has 0 saturated carbocycles. The van der Waals surface area contributed by atoms with Crippen molar-refractivity contribution in [2.24, 2.45) is 5.73 Å². The number of anilines is 1. The molecular formula is C14H22N2O3. The third-order valence-corrected chi connectivity index (χ3v) is 2.43. The number of hydrogen-bond donors (Lipinski definition) is 2. The van der Waals surface area contributed by atoms with Crippen LogP contribution in [0, 0.1) is 0 Å². The van der Waals surface area contributed by atoms with Crippen LogP contribution in [0.15, 0.2) is 18.2 Å². The van der Waals surface area contributed by atoms with Crippen molar-refractivity contribution in [2.75, 3.05) is 19.0 Å². The topological polar surface area (TPSA) is 73.6 Å². The van der Waals surface area contributed by atoms with Crippen LogP contribution in [0.2, 0.25) is 0 Å². The number of hydrogen-bond acceptors (Lipinski definition) is 4. The summed E-state index contributed by atoms with van der Waals surface area (Å²) in [6, 6.07) is 5.34. The number of carbonyl (C=O) groups is 1. The van der Waals surface area contributed by atoms with Crippen LogP contribution in [0.3, 0.4) is 0 Å². The molecule has 1 rings (SSSR count). The number of methoxy groups -OCH3 is 1. The summed E-state index contributed by atoms with van der Waals surface area (Å²) in [4.78, 5) is 11.7.